The molecule has 0 fully saturated rings. The Balaban J connectivity index is 3.50. The number of benzene rings is 1. The van der Waals surface area contributed by atoms with Crippen LogP contribution >= 0.6 is 15.9 Å². The Morgan fingerprint density at radius 3 is 2.44 bits per heavy atom. The average Bonchev–Trinajstić information content (AvgIpc) is 2.16. The summed E-state index contributed by atoms with van der Waals surface area (Å²) in [5, 5.41) is 9.32. The summed E-state index contributed by atoms with van der Waals surface area (Å²) >= 11 is 3.22. The van der Waals surface area contributed by atoms with Gasteiger partial charge in [0.15, 0.2) is 0 Å². The number of aliphatic carboxylic acids is 1. The number of hydrogen-bond donors (Lipinski definition) is 1. The third-order valence-corrected chi connectivity index (χ3v) is 3.74. The van der Waals surface area contributed by atoms with E-state index >= 15 is 0 Å². The third-order valence-electron chi connectivity index (χ3n) is 3.08. The van der Waals surface area contributed by atoms with Gasteiger partial charge in [-0.15, -0.1) is 0 Å². The van der Waals surface area contributed by atoms with Crippen molar-refractivity contribution < 1.29 is 14.3 Å². The second-order valence-corrected chi connectivity index (χ2v) is 5.11. The van der Waals surface area contributed by atoms with Gasteiger partial charge in [-0.05, 0) is 25.0 Å². The molecule has 0 spiro atoms. The lowest BCUT2D eigenvalue weighted by Crippen LogP contribution is -2.39. The Morgan fingerprint density at radius 2 is 2.06 bits per heavy atom. The van der Waals surface area contributed by atoms with Gasteiger partial charge in [0.05, 0.1) is 5.41 Å². The maximum Gasteiger partial charge on any atom is 0.314 e. The molecule has 0 heterocycles. The Kier molecular flexibility index (Phi) is 3.73. The first-order valence-corrected chi connectivity index (χ1v) is 5.79. The molecule has 0 radical (unpaired) electrons. The lowest BCUT2D eigenvalue weighted by molar-refractivity contribution is -0.145. The molecule has 88 valence electrons. The summed E-state index contributed by atoms with van der Waals surface area (Å²) in [5.41, 5.74) is -1.03. The molecular formula is C12H14BrFO2. The zero-order valence-corrected chi connectivity index (χ0v) is 11.0. The summed E-state index contributed by atoms with van der Waals surface area (Å²) in [6, 6.07) is 4.48. The molecule has 1 aromatic carbocycles. The molecule has 0 aliphatic heterocycles. The molecule has 0 aliphatic rings. The van der Waals surface area contributed by atoms with Crippen molar-refractivity contribution in [3.05, 3.63) is 34.1 Å². The van der Waals surface area contributed by atoms with Crippen LogP contribution in [0.3, 0.4) is 0 Å². The smallest absolute Gasteiger partial charge is 0.314 e. The molecule has 4 heteroatoms. The highest BCUT2D eigenvalue weighted by Gasteiger charge is 2.41. The van der Waals surface area contributed by atoms with Crippen molar-refractivity contribution in [3.8, 4) is 0 Å². The van der Waals surface area contributed by atoms with Crippen LogP contribution in [-0.2, 0) is 10.2 Å². The van der Waals surface area contributed by atoms with Crippen LogP contribution < -0.4 is 0 Å². The van der Waals surface area contributed by atoms with Crippen molar-refractivity contribution in [2.45, 2.75) is 26.2 Å². The SMILES string of the molecule is CC(C)C(C)(C(=O)O)c1c(F)cccc1Br. The van der Waals surface area contributed by atoms with Crippen LogP contribution in [0.5, 0.6) is 0 Å². The summed E-state index contributed by atoms with van der Waals surface area (Å²) < 4.78 is 14.3. The van der Waals surface area contributed by atoms with Gasteiger partial charge in [-0.2, -0.15) is 0 Å². The predicted octanol–water partition coefficient (Wildman–Crippen LogP) is 3.59. The molecule has 1 aromatic rings. The lowest BCUT2D eigenvalue weighted by Gasteiger charge is -2.30. The Hall–Kier alpha value is -0.900. The number of carboxylic acid groups (broad SMARTS) is 1. The maximum atomic E-state index is 13.8. The first-order chi connectivity index (χ1) is 7.31. The fourth-order valence-corrected chi connectivity index (χ4v) is 2.39. The molecule has 16 heavy (non-hydrogen) atoms. The van der Waals surface area contributed by atoms with Gasteiger partial charge in [0.1, 0.15) is 5.82 Å². The van der Waals surface area contributed by atoms with E-state index in [1.165, 1.54) is 6.07 Å². The van der Waals surface area contributed by atoms with E-state index in [0.29, 0.717) is 4.47 Å². The standard InChI is InChI=1S/C12H14BrFO2/c1-7(2)12(3,11(15)16)10-8(13)5-4-6-9(10)14/h4-7H,1-3H3,(H,15,16). The molecular weight excluding hydrogens is 275 g/mol. The maximum absolute atomic E-state index is 13.8. The summed E-state index contributed by atoms with van der Waals surface area (Å²) in [5.74, 6) is -1.72. The molecule has 2 nitrogen and oxygen atoms in total. The summed E-state index contributed by atoms with van der Waals surface area (Å²) in [6.07, 6.45) is 0. The van der Waals surface area contributed by atoms with Crippen molar-refractivity contribution in [1.29, 1.82) is 0 Å². The fourth-order valence-electron chi connectivity index (χ4n) is 1.64. The van der Waals surface area contributed by atoms with Gasteiger partial charge in [-0.25, -0.2) is 4.39 Å². The van der Waals surface area contributed by atoms with Crippen LogP contribution in [0.4, 0.5) is 4.39 Å². The number of carboxylic acids is 1. The van der Waals surface area contributed by atoms with Crippen LogP contribution in [0, 0.1) is 11.7 Å². The van der Waals surface area contributed by atoms with Crippen molar-refractivity contribution >= 4 is 21.9 Å². The Bertz CT molecular complexity index is 397. The van der Waals surface area contributed by atoms with Crippen molar-refractivity contribution in [3.63, 3.8) is 0 Å². The molecule has 0 aliphatic carbocycles. The highest BCUT2D eigenvalue weighted by Crippen LogP contribution is 2.38. The minimum absolute atomic E-state index is 0.206. The zero-order chi connectivity index (χ0) is 12.5. The minimum atomic E-state index is -1.23. The lowest BCUT2D eigenvalue weighted by atomic mass is 9.73. The zero-order valence-electron chi connectivity index (χ0n) is 9.42. The molecule has 0 saturated carbocycles. The van der Waals surface area contributed by atoms with Crippen molar-refractivity contribution in [2.75, 3.05) is 0 Å². The Morgan fingerprint density at radius 1 is 1.50 bits per heavy atom. The molecule has 1 rings (SSSR count). The molecule has 0 saturated heterocycles. The normalized spacial score (nSPS) is 14.9. The van der Waals surface area contributed by atoms with Crippen LogP contribution in [0.25, 0.3) is 0 Å². The first kappa shape index (κ1) is 13.2. The van der Waals surface area contributed by atoms with Gasteiger partial charge in [0.2, 0.25) is 0 Å². The van der Waals surface area contributed by atoms with E-state index in [9.17, 15) is 14.3 Å². The molecule has 1 N–H and O–H groups in total. The van der Waals surface area contributed by atoms with Gasteiger partial charge in [0.25, 0.3) is 0 Å². The molecule has 1 unspecified atom stereocenters. The van der Waals surface area contributed by atoms with Crippen molar-refractivity contribution in [1.82, 2.24) is 0 Å². The van der Waals surface area contributed by atoms with Gasteiger partial charge in [0, 0.05) is 10.0 Å². The van der Waals surface area contributed by atoms with Gasteiger partial charge >= 0.3 is 5.97 Å². The third kappa shape index (κ3) is 1.98. The first-order valence-electron chi connectivity index (χ1n) is 4.99. The number of carbonyl (C=O) groups is 1. The predicted molar refractivity (Wildman–Crippen MR) is 63.9 cm³/mol. The Labute approximate surface area is 103 Å². The highest BCUT2D eigenvalue weighted by atomic mass is 79.9. The summed E-state index contributed by atoms with van der Waals surface area (Å²) in [4.78, 5) is 11.4. The monoisotopic (exact) mass is 288 g/mol. The van der Waals surface area contributed by atoms with E-state index in [0.717, 1.165) is 0 Å². The molecule has 0 bridgehead atoms. The van der Waals surface area contributed by atoms with E-state index < -0.39 is 17.2 Å². The van der Waals surface area contributed by atoms with E-state index in [1.807, 2.05) is 0 Å². The van der Waals surface area contributed by atoms with Crippen LogP contribution in [0.2, 0.25) is 0 Å². The van der Waals surface area contributed by atoms with Gasteiger partial charge in [-0.3, -0.25) is 4.79 Å². The average molecular weight is 289 g/mol. The van der Waals surface area contributed by atoms with E-state index in [-0.39, 0.29) is 11.5 Å². The van der Waals surface area contributed by atoms with Gasteiger partial charge in [-0.1, -0.05) is 35.8 Å². The fraction of sp³-hybridized carbons (Fsp3) is 0.417. The van der Waals surface area contributed by atoms with Crippen molar-refractivity contribution in [2.24, 2.45) is 5.92 Å². The molecule has 0 aromatic heterocycles. The second-order valence-electron chi connectivity index (χ2n) is 4.26. The quantitative estimate of drug-likeness (QED) is 0.923. The van der Waals surface area contributed by atoms with Crippen LogP contribution in [-0.4, -0.2) is 11.1 Å². The van der Waals surface area contributed by atoms with Crippen LogP contribution in [0.1, 0.15) is 26.3 Å². The number of halogens is 2. The summed E-state index contributed by atoms with van der Waals surface area (Å²) in [7, 11) is 0. The van der Waals surface area contributed by atoms with Crippen LogP contribution in [0.15, 0.2) is 22.7 Å². The number of hydrogen-bond acceptors (Lipinski definition) is 1. The number of rotatable bonds is 3. The minimum Gasteiger partial charge on any atom is -0.481 e. The van der Waals surface area contributed by atoms with Gasteiger partial charge < -0.3 is 5.11 Å². The van der Waals surface area contributed by atoms with E-state index in [4.69, 9.17) is 0 Å². The largest absolute Gasteiger partial charge is 0.481 e. The van der Waals surface area contributed by atoms with E-state index in [2.05, 4.69) is 15.9 Å². The molecule has 0 amide bonds. The van der Waals surface area contributed by atoms with E-state index in [1.54, 1.807) is 32.9 Å². The molecule has 1 atom stereocenters. The highest BCUT2D eigenvalue weighted by molar-refractivity contribution is 9.10. The summed E-state index contributed by atoms with van der Waals surface area (Å²) in [6.45, 7) is 5.09. The topological polar surface area (TPSA) is 37.3 Å². The second kappa shape index (κ2) is 4.53.